The number of aryl methyl sites for hydroxylation is 2. The average Bonchev–Trinajstić information content (AvgIpc) is 2.83. The Morgan fingerprint density at radius 3 is 2.94 bits per heavy atom. The number of hydrogen-bond donors (Lipinski definition) is 1. The predicted octanol–water partition coefficient (Wildman–Crippen LogP) is 0.444. The summed E-state index contributed by atoms with van der Waals surface area (Å²) in [7, 11) is 1.91. The van der Waals surface area contributed by atoms with Gasteiger partial charge in [0.1, 0.15) is 0 Å². The lowest BCUT2D eigenvalue weighted by Gasteiger charge is -1.99. The maximum Gasteiger partial charge on any atom is 0.230 e. The maximum atomic E-state index is 5.24. The van der Waals surface area contributed by atoms with Crippen molar-refractivity contribution in [3.05, 3.63) is 29.7 Å². The Morgan fingerprint density at radius 2 is 2.31 bits per heavy atom. The summed E-state index contributed by atoms with van der Waals surface area (Å²) >= 11 is 0. The van der Waals surface area contributed by atoms with Crippen LogP contribution in [0.4, 0.5) is 0 Å². The lowest BCUT2D eigenvalue weighted by Crippen LogP contribution is -2.16. The summed E-state index contributed by atoms with van der Waals surface area (Å²) < 4.78 is 7.04. The second-order valence-electron chi connectivity index (χ2n) is 3.66. The minimum absolute atomic E-state index is 0.601. The number of rotatable bonds is 5. The minimum Gasteiger partial charge on any atom is -0.424 e. The Labute approximate surface area is 93.7 Å². The summed E-state index contributed by atoms with van der Waals surface area (Å²) in [5.41, 5.74) is 1.22. The van der Waals surface area contributed by atoms with Crippen LogP contribution >= 0.6 is 0 Å². The first-order valence-corrected chi connectivity index (χ1v) is 5.21. The quantitative estimate of drug-likeness (QED) is 0.742. The Hall–Kier alpha value is -1.69. The average molecular weight is 221 g/mol. The summed E-state index contributed by atoms with van der Waals surface area (Å²) in [6, 6.07) is 0. The number of hydrogen-bond acceptors (Lipinski definition) is 5. The smallest absolute Gasteiger partial charge is 0.230 e. The Balaban J connectivity index is 1.69. The summed E-state index contributed by atoms with van der Waals surface area (Å²) in [5.74, 6) is 1.23. The van der Waals surface area contributed by atoms with Gasteiger partial charge in [-0.15, -0.1) is 10.2 Å². The highest BCUT2D eigenvalue weighted by molar-refractivity contribution is 5.03. The van der Waals surface area contributed by atoms with E-state index in [1.165, 1.54) is 5.56 Å². The van der Waals surface area contributed by atoms with Crippen LogP contribution in [0.15, 0.2) is 16.8 Å². The van der Waals surface area contributed by atoms with Gasteiger partial charge >= 0.3 is 0 Å². The van der Waals surface area contributed by atoms with Gasteiger partial charge in [-0.3, -0.25) is 4.68 Å². The molecule has 0 aliphatic heterocycles. The molecular formula is C10H15N5O. The highest BCUT2D eigenvalue weighted by Gasteiger charge is 2.01. The van der Waals surface area contributed by atoms with Crippen molar-refractivity contribution in [1.29, 1.82) is 0 Å². The highest BCUT2D eigenvalue weighted by atomic mass is 16.4. The van der Waals surface area contributed by atoms with Crippen LogP contribution in [0.3, 0.4) is 0 Å². The third-order valence-corrected chi connectivity index (χ3v) is 2.19. The molecule has 0 amide bonds. The van der Waals surface area contributed by atoms with Crippen molar-refractivity contribution >= 4 is 0 Å². The van der Waals surface area contributed by atoms with Crippen molar-refractivity contribution in [3.8, 4) is 0 Å². The van der Waals surface area contributed by atoms with Gasteiger partial charge in [-0.2, -0.15) is 5.10 Å². The molecule has 1 N–H and O–H groups in total. The zero-order valence-electron chi connectivity index (χ0n) is 9.47. The van der Waals surface area contributed by atoms with Gasteiger partial charge in [0.25, 0.3) is 0 Å². The first-order valence-electron chi connectivity index (χ1n) is 5.21. The normalized spacial score (nSPS) is 10.9. The standard InChI is InChI=1S/C10H15N5O/c1-8-13-14-10(16-8)6-11-4-3-9-5-12-15(2)7-9/h5,7,11H,3-4,6H2,1-2H3. The van der Waals surface area contributed by atoms with E-state index in [0.29, 0.717) is 18.3 Å². The number of nitrogens with one attached hydrogen (secondary N) is 1. The lowest BCUT2D eigenvalue weighted by molar-refractivity contribution is 0.448. The largest absolute Gasteiger partial charge is 0.424 e. The fourth-order valence-electron chi connectivity index (χ4n) is 1.44. The van der Waals surface area contributed by atoms with Crippen LogP contribution in [0.5, 0.6) is 0 Å². The molecule has 0 aromatic carbocycles. The van der Waals surface area contributed by atoms with Gasteiger partial charge in [-0.25, -0.2) is 0 Å². The van der Waals surface area contributed by atoms with Crippen LogP contribution in [0.25, 0.3) is 0 Å². The molecule has 86 valence electrons. The first-order chi connectivity index (χ1) is 7.74. The molecule has 6 heteroatoms. The van der Waals surface area contributed by atoms with E-state index in [4.69, 9.17) is 4.42 Å². The molecule has 2 aromatic rings. The molecule has 2 rings (SSSR count). The predicted molar refractivity (Wildman–Crippen MR) is 57.7 cm³/mol. The summed E-state index contributed by atoms with van der Waals surface area (Å²) in [4.78, 5) is 0. The van der Waals surface area contributed by atoms with Crippen LogP contribution in [-0.2, 0) is 20.0 Å². The molecule has 2 heterocycles. The Morgan fingerprint density at radius 1 is 1.44 bits per heavy atom. The first kappa shape index (κ1) is 10.8. The van der Waals surface area contributed by atoms with Gasteiger partial charge in [-0.1, -0.05) is 0 Å². The van der Waals surface area contributed by atoms with Crippen LogP contribution in [0, 0.1) is 6.92 Å². The van der Waals surface area contributed by atoms with Gasteiger partial charge in [0, 0.05) is 20.2 Å². The van der Waals surface area contributed by atoms with E-state index in [0.717, 1.165) is 13.0 Å². The van der Waals surface area contributed by atoms with E-state index in [-0.39, 0.29) is 0 Å². The Bertz CT molecular complexity index is 405. The van der Waals surface area contributed by atoms with E-state index < -0.39 is 0 Å². The molecule has 6 nitrogen and oxygen atoms in total. The van der Waals surface area contributed by atoms with E-state index >= 15 is 0 Å². The second-order valence-corrected chi connectivity index (χ2v) is 3.66. The van der Waals surface area contributed by atoms with Gasteiger partial charge in [0.05, 0.1) is 12.7 Å². The molecule has 0 aliphatic rings. The molecule has 0 radical (unpaired) electrons. The minimum atomic E-state index is 0.601. The molecule has 16 heavy (non-hydrogen) atoms. The summed E-state index contributed by atoms with van der Waals surface area (Å²) in [6.45, 7) is 3.26. The second kappa shape index (κ2) is 4.89. The molecule has 0 fully saturated rings. The van der Waals surface area contributed by atoms with Crippen molar-refractivity contribution in [2.24, 2.45) is 7.05 Å². The maximum absolute atomic E-state index is 5.24. The van der Waals surface area contributed by atoms with Crippen molar-refractivity contribution in [2.75, 3.05) is 6.54 Å². The van der Waals surface area contributed by atoms with Crippen LogP contribution in [-0.4, -0.2) is 26.5 Å². The van der Waals surface area contributed by atoms with Gasteiger partial charge < -0.3 is 9.73 Å². The molecule has 0 atom stereocenters. The van der Waals surface area contributed by atoms with Gasteiger partial charge in [0.15, 0.2) is 0 Å². The fraction of sp³-hybridized carbons (Fsp3) is 0.500. The molecule has 0 aliphatic carbocycles. The van der Waals surface area contributed by atoms with Crippen molar-refractivity contribution in [3.63, 3.8) is 0 Å². The van der Waals surface area contributed by atoms with Crippen molar-refractivity contribution in [2.45, 2.75) is 19.9 Å². The summed E-state index contributed by atoms with van der Waals surface area (Å²) in [5, 5.41) is 15.0. The van der Waals surface area contributed by atoms with E-state index in [1.54, 1.807) is 11.6 Å². The van der Waals surface area contributed by atoms with Crippen LogP contribution in [0.1, 0.15) is 17.3 Å². The van der Waals surface area contributed by atoms with Crippen molar-refractivity contribution < 1.29 is 4.42 Å². The molecule has 0 spiro atoms. The third kappa shape index (κ3) is 2.90. The zero-order valence-corrected chi connectivity index (χ0v) is 9.47. The van der Waals surface area contributed by atoms with E-state index in [9.17, 15) is 0 Å². The lowest BCUT2D eigenvalue weighted by atomic mass is 10.2. The van der Waals surface area contributed by atoms with Crippen LogP contribution in [0.2, 0.25) is 0 Å². The molecule has 2 aromatic heterocycles. The van der Waals surface area contributed by atoms with Crippen LogP contribution < -0.4 is 5.32 Å². The molecular weight excluding hydrogens is 206 g/mol. The fourth-order valence-corrected chi connectivity index (χ4v) is 1.44. The molecule has 0 saturated heterocycles. The van der Waals surface area contributed by atoms with E-state index in [1.807, 2.05) is 19.4 Å². The topological polar surface area (TPSA) is 68.8 Å². The zero-order chi connectivity index (χ0) is 11.4. The Kier molecular flexibility index (Phi) is 3.31. The number of aromatic nitrogens is 4. The third-order valence-electron chi connectivity index (χ3n) is 2.19. The summed E-state index contributed by atoms with van der Waals surface area (Å²) in [6.07, 6.45) is 4.83. The SMILES string of the molecule is Cc1nnc(CNCCc2cnn(C)c2)o1. The van der Waals surface area contributed by atoms with Gasteiger partial charge in [-0.05, 0) is 18.5 Å². The van der Waals surface area contributed by atoms with Gasteiger partial charge in [0.2, 0.25) is 11.8 Å². The molecule has 0 unspecified atom stereocenters. The monoisotopic (exact) mass is 221 g/mol. The molecule has 0 bridgehead atoms. The number of nitrogens with zero attached hydrogens (tertiary/aromatic N) is 4. The molecule has 0 saturated carbocycles. The van der Waals surface area contributed by atoms with E-state index in [2.05, 4.69) is 20.6 Å². The highest BCUT2D eigenvalue weighted by Crippen LogP contribution is 1.98. The van der Waals surface area contributed by atoms with Crippen molar-refractivity contribution in [1.82, 2.24) is 25.3 Å².